The average Bonchev–Trinajstić information content (AvgIpc) is 2.48. The maximum atomic E-state index is 13.0. The number of amides is 2. The van der Waals surface area contributed by atoms with Crippen molar-refractivity contribution in [3.63, 3.8) is 0 Å². The highest BCUT2D eigenvalue weighted by molar-refractivity contribution is 6.33. The van der Waals surface area contributed by atoms with Crippen molar-refractivity contribution in [2.75, 3.05) is 18.4 Å². The van der Waals surface area contributed by atoms with Crippen molar-refractivity contribution in [3.05, 3.63) is 29.0 Å². The molecular weight excluding hydrogens is 319 g/mol. The standard InChI is InChI=1S/C17H22ClFN2O2/c1-17(2,3)16(23)21-8-6-11(7-9-21)15(22)20-14-5-4-12(19)10-13(14)18/h4-5,10-11H,6-9H2,1-3H3,(H,20,22). The Labute approximate surface area is 141 Å². The lowest BCUT2D eigenvalue weighted by Gasteiger charge is -2.35. The van der Waals surface area contributed by atoms with Gasteiger partial charge in [-0.25, -0.2) is 4.39 Å². The number of carbonyl (C=O) groups is 2. The van der Waals surface area contributed by atoms with Crippen LogP contribution in [-0.4, -0.2) is 29.8 Å². The second-order valence-electron chi connectivity index (χ2n) is 6.93. The molecule has 2 amide bonds. The minimum Gasteiger partial charge on any atom is -0.342 e. The number of hydrogen-bond acceptors (Lipinski definition) is 2. The summed E-state index contributed by atoms with van der Waals surface area (Å²) >= 11 is 5.92. The molecule has 0 bridgehead atoms. The number of hydrogen-bond donors (Lipinski definition) is 1. The number of halogens is 2. The van der Waals surface area contributed by atoms with E-state index >= 15 is 0 Å². The molecule has 0 aliphatic carbocycles. The molecule has 2 rings (SSSR count). The van der Waals surface area contributed by atoms with Gasteiger partial charge in [-0.2, -0.15) is 0 Å². The number of likely N-dealkylation sites (tertiary alicyclic amines) is 1. The third kappa shape index (κ3) is 4.44. The predicted molar refractivity (Wildman–Crippen MR) is 88.8 cm³/mol. The van der Waals surface area contributed by atoms with Crippen LogP contribution >= 0.6 is 11.6 Å². The van der Waals surface area contributed by atoms with Crippen LogP contribution < -0.4 is 5.32 Å². The summed E-state index contributed by atoms with van der Waals surface area (Å²) in [5, 5.41) is 2.92. The van der Waals surface area contributed by atoms with Gasteiger partial charge in [-0.05, 0) is 31.0 Å². The smallest absolute Gasteiger partial charge is 0.227 e. The average molecular weight is 341 g/mol. The van der Waals surface area contributed by atoms with Gasteiger partial charge in [0.05, 0.1) is 10.7 Å². The van der Waals surface area contributed by atoms with Gasteiger partial charge in [0.25, 0.3) is 0 Å². The fraction of sp³-hybridized carbons (Fsp3) is 0.529. The Morgan fingerprint density at radius 2 is 1.87 bits per heavy atom. The Balaban J connectivity index is 1.92. The number of benzene rings is 1. The second kappa shape index (κ2) is 6.87. The summed E-state index contributed by atoms with van der Waals surface area (Å²) in [5.74, 6) is -0.638. The van der Waals surface area contributed by atoms with Gasteiger partial charge in [-0.1, -0.05) is 32.4 Å². The summed E-state index contributed by atoms with van der Waals surface area (Å²) in [4.78, 5) is 26.4. The van der Waals surface area contributed by atoms with Gasteiger partial charge >= 0.3 is 0 Å². The van der Waals surface area contributed by atoms with Crippen LogP contribution in [0, 0.1) is 17.2 Å². The molecule has 1 heterocycles. The Morgan fingerprint density at radius 1 is 1.26 bits per heavy atom. The zero-order chi connectivity index (χ0) is 17.2. The molecule has 1 fully saturated rings. The molecular formula is C17H22ClFN2O2. The van der Waals surface area contributed by atoms with E-state index in [4.69, 9.17) is 11.6 Å². The van der Waals surface area contributed by atoms with Gasteiger partial charge in [0, 0.05) is 24.4 Å². The molecule has 4 nitrogen and oxygen atoms in total. The monoisotopic (exact) mass is 340 g/mol. The minimum atomic E-state index is -0.443. The van der Waals surface area contributed by atoms with Crippen molar-refractivity contribution >= 4 is 29.1 Å². The molecule has 0 aromatic heterocycles. The lowest BCUT2D eigenvalue weighted by Crippen LogP contribution is -2.45. The molecule has 23 heavy (non-hydrogen) atoms. The van der Waals surface area contributed by atoms with Crippen molar-refractivity contribution in [1.29, 1.82) is 0 Å². The minimum absolute atomic E-state index is 0.109. The topological polar surface area (TPSA) is 49.4 Å². The summed E-state index contributed by atoms with van der Waals surface area (Å²) in [6, 6.07) is 3.88. The molecule has 1 N–H and O–H groups in total. The van der Waals surface area contributed by atoms with E-state index in [-0.39, 0.29) is 22.8 Å². The summed E-state index contributed by atoms with van der Waals surface area (Å²) in [7, 11) is 0. The van der Waals surface area contributed by atoms with Gasteiger partial charge < -0.3 is 10.2 Å². The van der Waals surface area contributed by atoms with Crippen molar-refractivity contribution in [3.8, 4) is 0 Å². The number of nitrogens with zero attached hydrogens (tertiary/aromatic N) is 1. The molecule has 0 spiro atoms. The van der Waals surface area contributed by atoms with E-state index in [1.165, 1.54) is 18.2 Å². The molecule has 6 heteroatoms. The van der Waals surface area contributed by atoms with Gasteiger partial charge in [-0.15, -0.1) is 0 Å². The number of carbonyl (C=O) groups excluding carboxylic acids is 2. The van der Waals surface area contributed by atoms with Crippen LogP contribution in [0.2, 0.25) is 5.02 Å². The zero-order valence-electron chi connectivity index (χ0n) is 13.7. The van der Waals surface area contributed by atoms with Crippen LogP contribution in [0.5, 0.6) is 0 Å². The molecule has 1 saturated heterocycles. The normalized spacial score (nSPS) is 16.3. The quantitative estimate of drug-likeness (QED) is 0.892. The molecule has 1 aromatic carbocycles. The Bertz CT molecular complexity index is 605. The fourth-order valence-corrected chi connectivity index (χ4v) is 2.86. The molecule has 0 radical (unpaired) electrons. The van der Waals surface area contributed by atoms with Crippen LogP contribution in [0.15, 0.2) is 18.2 Å². The number of rotatable bonds is 2. The summed E-state index contributed by atoms with van der Waals surface area (Å²) in [6.07, 6.45) is 1.24. The van der Waals surface area contributed by atoms with Crippen molar-refractivity contribution < 1.29 is 14.0 Å². The summed E-state index contributed by atoms with van der Waals surface area (Å²) in [5.41, 5.74) is 0.00256. The molecule has 1 aliphatic rings. The van der Waals surface area contributed by atoms with E-state index in [1.807, 2.05) is 25.7 Å². The molecule has 1 aliphatic heterocycles. The van der Waals surface area contributed by atoms with Gasteiger partial charge in [0.1, 0.15) is 5.82 Å². The third-order valence-corrected chi connectivity index (χ3v) is 4.30. The fourth-order valence-electron chi connectivity index (χ4n) is 2.64. The van der Waals surface area contributed by atoms with Gasteiger partial charge in [-0.3, -0.25) is 9.59 Å². The van der Waals surface area contributed by atoms with Crippen LogP contribution in [0.25, 0.3) is 0 Å². The Hall–Kier alpha value is -1.62. The van der Waals surface area contributed by atoms with Crippen molar-refractivity contribution in [1.82, 2.24) is 4.90 Å². The highest BCUT2D eigenvalue weighted by atomic mass is 35.5. The maximum absolute atomic E-state index is 13.0. The number of nitrogens with one attached hydrogen (secondary N) is 1. The van der Waals surface area contributed by atoms with Gasteiger partial charge in [0.2, 0.25) is 11.8 Å². The first-order valence-electron chi connectivity index (χ1n) is 7.74. The van der Waals surface area contributed by atoms with E-state index in [2.05, 4.69) is 5.32 Å². The van der Waals surface area contributed by atoms with Crippen LogP contribution in [0.1, 0.15) is 33.6 Å². The van der Waals surface area contributed by atoms with E-state index < -0.39 is 11.2 Å². The lowest BCUT2D eigenvalue weighted by molar-refractivity contribution is -0.142. The maximum Gasteiger partial charge on any atom is 0.227 e. The third-order valence-electron chi connectivity index (χ3n) is 3.98. The van der Waals surface area contributed by atoms with E-state index in [0.717, 1.165) is 0 Å². The number of piperidine rings is 1. The molecule has 0 saturated carbocycles. The SMILES string of the molecule is CC(C)(C)C(=O)N1CCC(C(=O)Nc2ccc(F)cc2Cl)CC1. The molecule has 0 atom stereocenters. The molecule has 1 aromatic rings. The largest absolute Gasteiger partial charge is 0.342 e. The highest BCUT2D eigenvalue weighted by Gasteiger charge is 2.32. The first-order chi connectivity index (χ1) is 10.7. The summed E-state index contributed by atoms with van der Waals surface area (Å²) < 4.78 is 13.0. The number of anilines is 1. The zero-order valence-corrected chi connectivity index (χ0v) is 14.4. The second-order valence-corrected chi connectivity index (χ2v) is 7.34. The van der Waals surface area contributed by atoms with E-state index in [0.29, 0.717) is 31.6 Å². The Morgan fingerprint density at radius 3 is 2.39 bits per heavy atom. The molecule has 126 valence electrons. The predicted octanol–water partition coefficient (Wildman–Crippen LogP) is 3.70. The van der Waals surface area contributed by atoms with Crippen molar-refractivity contribution in [2.24, 2.45) is 11.3 Å². The van der Waals surface area contributed by atoms with Crippen LogP contribution in [0.3, 0.4) is 0 Å². The van der Waals surface area contributed by atoms with Crippen molar-refractivity contribution in [2.45, 2.75) is 33.6 Å². The van der Waals surface area contributed by atoms with Crippen LogP contribution in [0.4, 0.5) is 10.1 Å². The highest BCUT2D eigenvalue weighted by Crippen LogP contribution is 2.26. The van der Waals surface area contributed by atoms with Gasteiger partial charge in [0.15, 0.2) is 0 Å². The first-order valence-corrected chi connectivity index (χ1v) is 8.11. The lowest BCUT2D eigenvalue weighted by atomic mass is 9.90. The first kappa shape index (κ1) is 17.7. The van der Waals surface area contributed by atoms with E-state index in [1.54, 1.807) is 0 Å². The Kier molecular flexibility index (Phi) is 5.30. The van der Waals surface area contributed by atoms with E-state index in [9.17, 15) is 14.0 Å². The summed E-state index contributed by atoms with van der Waals surface area (Å²) in [6.45, 7) is 6.83. The van der Waals surface area contributed by atoms with Crippen LogP contribution in [-0.2, 0) is 9.59 Å². The molecule has 0 unspecified atom stereocenters.